The predicted octanol–water partition coefficient (Wildman–Crippen LogP) is 3.68. The molecule has 0 saturated heterocycles. The topological polar surface area (TPSA) is 75.1 Å². The van der Waals surface area contributed by atoms with E-state index < -0.39 is 6.61 Å². The van der Waals surface area contributed by atoms with Crippen molar-refractivity contribution in [2.45, 2.75) is 58.6 Å². The maximum Gasteiger partial charge on any atom is 0.387 e. The average molecular weight is 414 g/mol. The van der Waals surface area contributed by atoms with Gasteiger partial charge in [-0.3, -0.25) is 0 Å². The number of alkyl halides is 2. The molecule has 29 heavy (non-hydrogen) atoms. The minimum absolute atomic E-state index is 0.00253. The smallest absolute Gasteiger partial charge is 0.387 e. The number of hydrogen-bond acceptors (Lipinski definition) is 4. The van der Waals surface area contributed by atoms with E-state index in [0.717, 1.165) is 31.4 Å². The Morgan fingerprint density at radius 1 is 1.21 bits per heavy atom. The summed E-state index contributed by atoms with van der Waals surface area (Å²) in [5.74, 6) is 0.922. The van der Waals surface area contributed by atoms with Gasteiger partial charge in [0.1, 0.15) is 0 Å². The van der Waals surface area contributed by atoms with E-state index in [0.29, 0.717) is 19.0 Å². The molecule has 1 fully saturated rings. The van der Waals surface area contributed by atoms with Gasteiger partial charge in [0.15, 0.2) is 17.5 Å². The van der Waals surface area contributed by atoms with Crippen LogP contribution in [-0.2, 0) is 6.54 Å². The van der Waals surface area contributed by atoms with Crippen molar-refractivity contribution in [2.24, 2.45) is 10.4 Å². The van der Waals surface area contributed by atoms with Gasteiger partial charge in [0, 0.05) is 19.7 Å². The van der Waals surface area contributed by atoms with Gasteiger partial charge in [0.25, 0.3) is 0 Å². The number of aliphatic hydroxyl groups excluding tert-OH is 1. The predicted molar refractivity (Wildman–Crippen MR) is 110 cm³/mol. The number of nitrogens with zero attached hydrogens (tertiary/aromatic N) is 1. The lowest BCUT2D eigenvalue weighted by Crippen LogP contribution is -2.44. The zero-order valence-corrected chi connectivity index (χ0v) is 17.3. The summed E-state index contributed by atoms with van der Waals surface area (Å²) >= 11 is 0. The van der Waals surface area contributed by atoms with Crippen LogP contribution >= 0.6 is 0 Å². The number of halogens is 2. The third kappa shape index (κ3) is 7.34. The largest absolute Gasteiger partial charge is 0.493 e. The number of hydrogen-bond donors (Lipinski definition) is 3. The Hall–Kier alpha value is -2.09. The number of rotatable bonds is 10. The van der Waals surface area contributed by atoms with Crippen LogP contribution in [0.2, 0.25) is 0 Å². The van der Waals surface area contributed by atoms with Gasteiger partial charge in [-0.2, -0.15) is 8.78 Å². The molecule has 0 radical (unpaired) electrons. The minimum atomic E-state index is -2.92. The van der Waals surface area contributed by atoms with Crippen LogP contribution in [0.3, 0.4) is 0 Å². The quantitative estimate of drug-likeness (QED) is 0.403. The lowest BCUT2D eigenvalue weighted by molar-refractivity contribution is -0.0512. The summed E-state index contributed by atoms with van der Waals surface area (Å²) < 4.78 is 34.8. The molecule has 1 aliphatic rings. The zero-order valence-electron chi connectivity index (χ0n) is 17.3. The van der Waals surface area contributed by atoms with Crippen LogP contribution in [0.15, 0.2) is 23.2 Å². The highest BCUT2D eigenvalue weighted by Crippen LogP contribution is 2.38. The molecule has 0 aromatic heterocycles. The summed E-state index contributed by atoms with van der Waals surface area (Å²) in [5, 5.41) is 16.1. The van der Waals surface area contributed by atoms with Crippen molar-refractivity contribution < 1.29 is 23.4 Å². The molecule has 1 saturated carbocycles. The van der Waals surface area contributed by atoms with Gasteiger partial charge in [-0.05, 0) is 49.3 Å². The highest BCUT2D eigenvalue weighted by molar-refractivity contribution is 5.79. The highest BCUT2D eigenvalue weighted by Gasteiger charge is 2.31. The van der Waals surface area contributed by atoms with E-state index in [9.17, 15) is 13.9 Å². The normalized spacial score (nSPS) is 16.6. The second kappa shape index (κ2) is 11.8. The van der Waals surface area contributed by atoms with Gasteiger partial charge < -0.3 is 25.2 Å². The number of nitrogens with one attached hydrogen (secondary N) is 2. The Balaban J connectivity index is 2.06. The summed E-state index contributed by atoms with van der Waals surface area (Å²) in [6, 6.07) is 4.90. The highest BCUT2D eigenvalue weighted by atomic mass is 19.3. The molecule has 0 unspecified atom stereocenters. The Bertz CT molecular complexity index is 645. The van der Waals surface area contributed by atoms with Crippen LogP contribution in [0.1, 0.15) is 51.0 Å². The van der Waals surface area contributed by atoms with Gasteiger partial charge in [0.05, 0.1) is 13.7 Å². The third-order valence-electron chi connectivity index (χ3n) is 5.40. The maximum atomic E-state index is 12.6. The lowest BCUT2D eigenvalue weighted by atomic mass is 9.72. The monoisotopic (exact) mass is 413 g/mol. The van der Waals surface area contributed by atoms with Crippen molar-refractivity contribution in [3.05, 3.63) is 23.8 Å². The molecular weight excluding hydrogens is 380 g/mol. The van der Waals surface area contributed by atoms with E-state index in [1.54, 1.807) is 12.1 Å². The molecule has 0 bridgehead atoms. The molecule has 0 aliphatic heterocycles. The van der Waals surface area contributed by atoms with E-state index in [1.807, 2.05) is 6.92 Å². The standard InChI is InChI=1S/C21H33F2N3O3/c1-3-24-20(26-15-21(11-12-27)9-5-4-6-10-21)25-14-16-7-8-17(28-2)18(13-16)29-19(22)23/h7-8,13,19,27H,3-6,9-12,14-15H2,1-2H3,(H2,24,25,26). The van der Waals surface area contributed by atoms with E-state index in [1.165, 1.54) is 32.4 Å². The van der Waals surface area contributed by atoms with Gasteiger partial charge in [-0.15, -0.1) is 0 Å². The van der Waals surface area contributed by atoms with Crippen molar-refractivity contribution in [3.63, 3.8) is 0 Å². The number of methoxy groups -OCH3 is 1. The molecule has 1 aliphatic carbocycles. The van der Waals surface area contributed by atoms with Gasteiger partial charge in [0.2, 0.25) is 0 Å². The molecule has 0 amide bonds. The summed E-state index contributed by atoms with van der Waals surface area (Å²) in [7, 11) is 1.41. The van der Waals surface area contributed by atoms with Crippen molar-refractivity contribution in [1.82, 2.24) is 10.6 Å². The molecule has 0 atom stereocenters. The molecule has 3 N–H and O–H groups in total. The first kappa shape index (κ1) is 23.2. The van der Waals surface area contributed by atoms with E-state index >= 15 is 0 Å². The SMILES string of the molecule is CCNC(=NCc1ccc(OC)c(OC(F)F)c1)NCC1(CCO)CCCCC1. The lowest BCUT2D eigenvalue weighted by Gasteiger charge is -2.37. The van der Waals surface area contributed by atoms with Crippen LogP contribution < -0.4 is 20.1 Å². The molecule has 0 heterocycles. The van der Waals surface area contributed by atoms with Crippen LogP contribution in [0.25, 0.3) is 0 Å². The Kier molecular flexibility index (Phi) is 9.44. The van der Waals surface area contributed by atoms with Crippen LogP contribution in [0, 0.1) is 5.41 Å². The van der Waals surface area contributed by atoms with Crippen molar-refractivity contribution in [3.8, 4) is 11.5 Å². The van der Waals surface area contributed by atoms with Crippen LogP contribution in [0.4, 0.5) is 8.78 Å². The second-order valence-electron chi connectivity index (χ2n) is 7.45. The van der Waals surface area contributed by atoms with Gasteiger partial charge in [-0.25, -0.2) is 4.99 Å². The summed E-state index contributed by atoms with van der Waals surface area (Å²) in [4.78, 5) is 4.58. The molecule has 0 spiro atoms. The number of ether oxygens (including phenoxy) is 2. The summed E-state index contributed by atoms with van der Waals surface area (Å²) in [6.07, 6.45) is 6.62. The number of benzene rings is 1. The fourth-order valence-electron chi connectivity index (χ4n) is 3.84. The molecule has 8 heteroatoms. The van der Waals surface area contributed by atoms with E-state index in [4.69, 9.17) is 4.74 Å². The molecule has 164 valence electrons. The van der Waals surface area contributed by atoms with Crippen LogP contribution in [0.5, 0.6) is 11.5 Å². The Morgan fingerprint density at radius 2 is 1.97 bits per heavy atom. The van der Waals surface area contributed by atoms with Crippen molar-refractivity contribution in [2.75, 3.05) is 26.8 Å². The Morgan fingerprint density at radius 3 is 2.59 bits per heavy atom. The zero-order chi connectivity index (χ0) is 21.1. The summed E-state index contributed by atoms with van der Waals surface area (Å²) in [5.41, 5.74) is 0.836. The van der Waals surface area contributed by atoms with Gasteiger partial charge >= 0.3 is 6.61 Å². The van der Waals surface area contributed by atoms with Crippen molar-refractivity contribution >= 4 is 5.96 Å². The maximum absolute atomic E-state index is 12.6. The Labute approximate surface area is 171 Å². The fraction of sp³-hybridized carbons (Fsp3) is 0.667. The molecule has 2 rings (SSSR count). The van der Waals surface area contributed by atoms with E-state index in [2.05, 4.69) is 20.4 Å². The van der Waals surface area contributed by atoms with Gasteiger partial charge in [-0.1, -0.05) is 25.3 Å². The first-order chi connectivity index (χ1) is 14.0. The second-order valence-corrected chi connectivity index (χ2v) is 7.45. The fourth-order valence-corrected chi connectivity index (χ4v) is 3.84. The molecule has 1 aromatic carbocycles. The van der Waals surface area contributed by atoms with Crippen LogP contribution in [-0.4, -0.2) is 44.5 Å². The summed E-state index contributed by atoms with van der Waals surface area (Å²) in [6.45, 7) is 1.03. The molecule has 1 aromatic rings. The number of aliphatic hydroxyl groups is 1. The minimum Gasteiger partial charge on any atom is -0.493 e. The average Bonchev–Trinajstić information content (AvgIpc) is 2.71. The van der Waals surface area contributed by atoms with E-state index in [-0.39, 0.29) is 23.5 Å². The number of aliphatic imine (C=N–C) groups is 1. The molecular formula is C21H33F2N3O3. The van der Waals surface area contributed by atoms with Crippen molar-refractivity contribution in [1.29, 1.82) is 0 Å². The first-order valence-electron chi connectivity index (χ1n) is 10.3. The molecule has 6 nitrogen and oxygen atoms in total. The third-order valence-corrected chi connectivity index (χ3v) is 5.40. The number of guanidine groups is 1. The first-order valence-corrected chi connectivity index (χ1v) is 10.3.